The SMILES string of the molecule is CN1CCCC(c2ncc3c(n2)CCN(C(=O)COc2ccccc2F)C3)C1. The lowest BCUT2D eigenvalue weighted by Crippen LogP contribution is -2.39. The minimum atomic E-state index is -0.464. The number of carbonyl (C=O) groups is 1. The van der Waals surface area contributed by atoms with Crippen LogP contribution in [0.4, 0.5) is 4.39 Å². The summed E-state index contributed by atoms with van der Waals surface area (Å²) in [5.74, 6) is 0.782. The van der Waals surface area contributed by atoms with Gasteiger partial charge in [-0.2, -0.15) is 0 Å². The Kier molecular flexibility index (Phi) is 5.52. The lowest BCUT2D eigenvalue weighted by Gasteiger charge is -2.31. The van der Waals surface area contributed by atoms with E-state index >= 15 is 0 Å². The van der Waals surface area contributed by atoms with Crippen LogP contribution < -0.4 is 4.74 Å². The molecule has 1 fully saturated rings. The summed E-state index contributed by atoms with van der Waals surface area (Å²) in [6, 6.07) is 6.10. The van der Waals surface area contributed by atoms with E-state index in [0.717, 1.165) is 36.6 Å². The molecule has 0 aliphatic carbocycles. The maximum atomic E-state index is 13.6. The first-order chi connectivity index (χ1) is 13.6. The number of nitrogens with zero attached hydrogens (tertiary/aromatic N) is 4. The van der Waals surface area contributed by atoms with E-state index in [4.69, 9.17) is 9.72 Å². The third-order valence-corrected chi connectivity index (χ3v) is 5.48. The normalized spacial score (nSPS) is 19.9. The minimum Gasteiger partial charge on any atom is -0.481 e. The zero-order chi connectivity index (χ0) is 19.5. The summed E-state index contributed by atoms with van der Waals surface area (Å²) in [4.78, 5) is 25.9. The Morgan fingerprint density at radius 2 is 2.18 bits per heavy atom. The molecule has 0 spiro atoms. The Balaban J connectivity index is 1.38. The minimum absolute atomic E-state index is 0.0960. The number of hydrogen-bond acceptors (Lipinski definition) is 5. The monoisotopic (exact) mass is 384 g/mol. The van der Waals surface area contributed by atoms with Crippen LogP contribution in [0.2, 0.25) is 0 Å². The summed E-state index contributed by atoms with van der Waals surface area (Å²) in [7, 11) is 2.14. The van der Waals surface area contributed by atoms with Gasteiger partial charge in [0.2, 0.25) is 0 Å². The highest BCUT2D eigenvalue weighted by atomic mass is 19.1. The van der Waals surface area contributed by atoms with Gasteiger partial charge < -0.3 is 14.5 Å². The molecule has 1 atom stereocenters. The second-order valence-corrected chi connectivity index (χ2v) is 7.59. The molecule has 6 nitrogen and oxygen atoms in total. The van der Waals surface area contributed by atoms with Crippen LogP contribution in [-0.4, -0.2) is 59.0 Å². The third-order valence-electron chi connectivity index (χ3n) is 5.48. The number of amides is 1. The molecule has 1 amide bonds. The summed E-state index contributed by atoms with van der Waals surface area (Å²) in [6.45, 7) is 3.01. The number of para-hydroxylation sites is 1. The Morgan fingerprint density at radius 3 is 3.00 bits per heavy atom. The first-order valence-electron chi connectivity index (χ1n) is 9.78. The van der Waals surface area contributed by atoms with Crippen molar-refractivity contribution in [2.75, 3.05) is 33.3 Å². The molecule has 1 aromatic heterocycles. The second-order valence-electron chi connectivity index (χ2n) is 7.59. The number of likely N-dealkylation sites (N-methyl/N-ethyl adjacent to an activating group) is 1. The fourth-order valence-corrected chi connectivity index (χ4v) is 3.91. The van der Waals surface area contributed by atoms with Gasteiger partial charge >= 0.3 is 0 Å². The molecule has 0 radical (unpaired) electrons. The number of halogens is 1. The fourth-order valence-electron chi connectivity index (χ4n) is 3.91. The molecule has 3 heterocycles. The zero-order valence-corrected chi connectivity index (χ0v) is 16.1. The van der Waals surface area contributed by atoms with Crippen molar-refractivity contribution in [3.63, 3.8) is 0 Å². The number of benzene rings is 1. The second kappa shape index (κ2) is 8.22. The molecular weight excluding hydrogens is 359 g/mol. The highest BCUT2D eigenvalue weighted by molar-refractivity contribution is 5.78. The highest BCUT2D eigenvalue weighted by Crippen LogP contribution is 2.25. The van der Waals surface area contributed by atoms with Crippen LogP contribution in [0.15, 0.2) is 30.5 Å². The molecule has 0 bridgehead atoms. The van der Waals surface area contributed by atoms with Gasteiger partial charge in [0.15, 0.2) is 18.2 Å². The van der Waals surface area contributed by atoms with Gasteiger partial charge in [-0.3, -0.25) is 4.79 Å². The van der Waals surface area contributed by atoms with Crippen LogP contribution in [0, 0.1) is 5.82 Å². The van der Waals surface area contributed by atoms with Gasteiger partial charge in [0.1, 0.15) is 5.82 Å². The van der Waals surface area contributed by atoms with Crippen LogP contribution in [-0.2, 0) is 17.8 Å². The lowest BCUT2D eigenvalue weighted by molar-refractivity contribution is -0.134. The highest BCUT2D eigenvalue weighted by Gasteiger charge is 2.26. The van der Waals surface area contributed by atoms with Crippen molar-refractivity contribution >= 4 is 5.91 Å². The van der Waals surface area contributed by atoms with Crippen molar-refractivity contribution in [3.05, 3.63) is 53.4 Å². The third kappa shape index (κ3) is 4.14. The van der Waals surface area contributed by atoms with Crippen molar-refractivity contribution in [2.45, 2.75) is 31.7 Å². The maximum Gasteiger partial charge on any atom is 0.260 e. The fraction of sp³-hybridized carbons (Fsp3) is 0.476. The number of aromatic nitrogens is 2. The Hall–Kier alpha value is -2.54. The van der Waals surface area contributed by atoms with Gasteiger partial charge in [-0.25, -0.2) is 14.4 Å². The Morgan fingerprint density at radius 1 is 1.32 bits per heavy atom. The quantitative estimate of drug-likeness (QED) is 0.810. The number of fused-ring (bicyclic) bond motifs is 1. The molecule has 0 N–H and O–H groups in total. The standard InChI is InChI=1S/C21H25FN4O2/c1-25-9-4-5-15(12-25)21-23-11-16-13-26(10-8-18(16)24-21)20(27)14-28-19-7-3-2-6-17(19)22/h2-3,6-7,11,15H,4-5,8-10,12-14H2,1H3. The summed E-state index contributed by atoms with van der Waals surface area (Å²) >= 11 is 0. The Bertz CT molecular complexity index is 860. The van der Waals surface area contributed by atoms with Crippen LogP contribution in [0.5, 0.6) is 5.75 Å². The van der Waals surface area contributed by atoms with Gasteiger partial charge in [0, 0.05) is 43.7 Å². The van der Waals surface area contributed by atoms with E-state index in [1.165, 1.54) is 18.6 Å². The van der Waals surface area contributed by atoms with E-state index in [1.807, 2.05) is 6.20 Å². The van der Waals surface area contributed by atoms with E-state index in [2.05, 4.69) is 16.9 Å². The maximum absolute atomic E-state index is 13.6. The van der Waals surface area contributed by atoms with Gasteiger partial charge in [0.25, 0.3) is 5.91 Å². The number of carbonyl (C=O) groups excluding carboxylic acids is 1. The van der Waals surface area contributed by atoms with Gasteiger partial charge in [-0.15, -0.1) is 0 Å². The van der Waals surface area contributed by atoms with Crippen LogP contribution in [0.3, 0.4) is 0 Å². The molecule has 2 aliphatic rings. The van der Waals surface area contributed by atoms with E-state index in [9.17, 15) is 9.18 Å². The van der Waals surface area contributed by atoms with E-state index in [1.54, 1.807) is 17.0 Å². The van der Waals surface area contributed by atoms with Crippen molar-refractivity contribution in [3.8, 4) is 5.75 Å². The summed E-state index contributed by atoms with van der Waals surface area (Å²) in [6.07, 6.45) is 4.87. The van der Waals surface area contributed by atoms with Gasteiger partial charge in [0.05, 0.1) is 5.69 Å². The average molecular weight is 384 g/mol. The van der Waals surface area contributed by atoms with Crippen molar-refractivity contribution in [1.82, 2.24) is 19.8 Å². The number of likely N-dealkylation sites (tertiary alicyclic amines) is 1. The van der Waals surface area contributed by atoms with Crippen LogP contribution in [0.1, 0.15) is 35.8 Å². The van der Waals surface area contributed by atoms with Gasteiger partial charge in [-0.05, 0) is 38.6 Å². The first-order valence-corrected chi connectivity index (χ1v) is 9.78. The topological polar surface area (TPSA) is 58.6 Å². The number of rotatable bonds is 4. The average Bonchev–Trinajstić information content (AvgIpc) is 2.72. The van der Waals surface area contributed by atoms with Crippen molar-refractivity contribution < 1.29 is 13.9 Å². The number of piperidine rings is 1. The predicted octanol–water partition coefficient (Wildman–Crippen LogP) is 2.39. The molecule has 148 valence electrons. The predicted molar refractivity (Wildman–Crippen MR) is 103 cm³/mol. The molecule has 1 aromatic carbocycles. The van der Waals surface area contributed by atoms with Crippen molar-refractivity contribution in [2.24, 2.45) is 0 Å². The molecule has 1 saturated heterocycles. The largest absolute Gasteiger partial charge is 0.481 e. The van der Waals surface area contributed by atoms with Crippen LogP contribution in [0.25, 0.3) is 0 Å². The lowest BCUT2D eigenvalue weighted by atomic mass is 9.97. The molecule has 0 saturated carbocycles. The first kappa shape index (κ1) is 18.8. The molecule has 2 aromatic rings. The molecule has 2 aliphatic heterocycles. The molecule has 28 heavy (non-hydrogen) atoms. The Labute approximate surface area is 164 Å². The molecule has 7 heteroatoms. The van der Waals surface area contributed by atoms with E-state index < -0.39 is 5.82 Å². The summed E-state index contributed by atoms with van der Waals surface area (Å²) in [5, 5.41) is 0. The van der Waals surface area contributed by atoms with E-state index in [-0.39, 0.29) is 18.3 Å². The van der Waals surface area contributed by atoms with E-state index in [0.29, 0.717) is 25.4 Å². The number of hydrogen-bond donors (Lipinski definition) is 0. The number of ether oxygens (including phenoxy) is 1. The molecule has 4 rings (SSSR count). The molecule has 1 unspecified atom stereocenters. The van der Waals surface area contributed by atoms with Crippen LogP contribution >= 0.6 is 0 Å². The summed E-state index contributed by atoms with van der Waals surface area (Å²) < 4.78 is 19.0. The van der Waals surface area contributed by atoms with Crippen molar-refractivity contribution in [1.29, 1.82) is 0 Å². The van der Waals surface area contributed by atoms with Gasteiger partial charge in [-0.1, -0.05) is 12.1 Å². The smallest absolute Gasteiger partial charge is 0.260 e. The summed E-state index contributed by atoms with van der Waals surface area (Å²) in [5.41, 5.74) is 2.02. The molecular formula is C21H25FN4O2. The zero-order valence-electron chi connectivity index (χ0n) is 16.1.